The topological polar surface area (TPSA) is 237 Å². The Morgan fingerprint density at radius 1 is 0.735 bits per heavy atom. The molecule has 7 rings (SSSR count). The van der Waals surface area contributed by atoms with E-state index in [1.54, 1.807) is 92.7 Å². The SMILES string of the molecule is CCCCC/C=C\C/C=C\CCCCCCCCOC(=O)O[C@H]1C[C@H]2OC[C@@]2(OC(C)=O)C2[C@H](OC(=O)c3ccccc3)[C@]3(O)C[C@H](OC(=O)[C@H](O)[C@@H](NC(=O)c4ccccc4)c4ccccc4)C(C)=C([C@@H](OC(C)=O)C(=O)[C@@]21C)C3(C)C. The maximum atomic E-state index is 16.3. The molecule has 1 saturated heterocycles. The van der Waals surface area contributed by atoms with E-state index in [2.05, 4.69) is 36.5 Å². The summed E-state index contributed by atoms with van der Waals surface area (Å²) in [6.45, 7) is 10.2. The zero-order valence-corrected chi connectivity index (χ0v) is 49.0. The molecule has 2 bridgehead atoms. The second kappa shape index (κ2) is 28.6. The number of fused-ring (bicyclic) bond motifs is 5. The zero-order chi connectivity index (χ0) is 60.0. The predicted molar refractivity (Wildman–Crippen MR) is 307 cm³/mol. The number of rotatable bonds is 26. The van der Waals surface area contributed by atoms with E-state index in [1.807, 2.05) is 0 Å². The highest BCUT2D eigenvalue weighted by atomic mass is 16.7. The first-order chi connectivity index (χ1) is 39.7. The lowest BCUT2D eigenvalue weighted by atomic mass is 9.44. The third kappa shape index (κ3) is 14.4. The molecule has 3 fully saturated rings. The van der Waals surface area contributed by atoms with Gasteiger partial charge in [-0.3, -0.25) is 19.2 Å². The fourth-order valence-corrected chi connectivity index (χ4v) is 12.7. The smallest absolute Gasteiger partial charge is 0.456 e. The predicted octanol–water partition coefficient (Wildman–Crippen LogP) is 10.7. The molecule has 0 spiro atoms. The molecular formula is C66H83NO16. The Labute approximate surface area is 487 Å². The lowest BCUT2D eigenvalue weighted by molar-refractivity contribution is -0.346. The van der Waals surface area contributed by atoms with Crippen LogP contribution in [0.1, 0.15) is 171 Å². The maximum absolute atomic E-state index is 16.3. The van der Waals surface area contributed by atoms with Gasteiger partial charge >= 0.3 is 30.0 Å². The van der Waals surface area contributed by atoms with E-state index in [0.29, 0.717) is 12.0 Å². The van der Waals surface area contributed by atoms with Gasteiger partial charge < -0.3 is 48.7 Å². The number of ketones is 1. The van der Waals surface area contributed by atoms with Crippen LogP contribution in [0.4, 0.5) is 4.79 Å². The maximum Gasteiger partial charge on any atom is 0.508 e. The van der Waals surface area contributed by atoms with Crippen LogP contribution < -0.4 is 5.32 Å². The number of esters is 4. The molecule has 1 heterocycles. The summed E-state index contributed by atoms with van der Waals surface area (Å²) in [7, 11) is 0. The zero-order valence-electron chi connectivity index (χ0n) is 49.0. The first-order valence-corrected chi connectivity index (χ1v) is 29.4. The van der Waals surface area contributed by atoms with E-state index in [9.17, 15) is 39.0 Å². The summed E-state index contributed by atoms with van der Waals surface area (Å²) in [5, 5.41) is 28.9. The van der Waals surface area contributed by atoms with Gasteiger partial charge in [0.1, 0.15) is 30.0 Å². The minimum atomic E-state index is -2.48. The number of carbonyl (C=O) groups is 7. The third-order valence-electron chi connectivity index (χ3n) is 17.3. The van der Waals surface area contributed by atoms with Crippen molar-refractivity contribution in [2.24, 2.45) is 16.7 Å². The lowest BCUT2D eigenvalue weighted by Crippen LogP contribution is -2.82. The van der Waals surface area contributed by atoms with E-state index in [0.717, 1.165) is 65.2 Å². The van der Waals surface area contributed by atoms with Crippen LogP contribution in [-0.2, 0) is 52.3 Å². The van der Waals surface area contributed by atoms with Gasteiger partial charge in [0, 0.05) is 37.7 Å². The first-order valence-electron chi connectivity index (χ1n) is 29.4. The van der Waals surface area contributed by atoms with E-state index < -0.39 is 119 Å². The van der Waals surface area contributed by atoms with Crippen LogP contribution in [0.15, 0.2) is 126 Å². The molecule has 17 heteroatoms. The van der Waals surface area contributed by atoms with Gasteiger partial charge in [-0.05, 0) is 93.3 Å². The van der Waals surface area contributed by atoms with Gasteiger partial charge in [0.15, 0.2) is 23.6 Å². The van der Waals surface area contributed by atoms with E-state index in [4.69, 9.17) is 33.2 Å². The Kier molecular flexibility index (Phi) is 21.9. The number of hydrogen-bond acceptors (Lipinski definition) is 16. The highest BCUT2D eigenvalue weighted by Gasteiger charge is 2.79. The van der Waals surface area contributed by atoms with Crippen molar-refractivity contribution in [3.8, 4) is 0 Å². The van der Waals surface area contributed by atoms with Gasteiger partial charge in [0.05, 0.1) is 36.2 Å². The second-order valence-electron chi connectivity index (χ2n) is 23.1. The van der Waals surface area contributed by atoms with Crippen molar-refractivity contribution in [2.45, 2.75) is 192 Å². The van der Waals surface area contributed by atoms with Crippen molar-refractivity contribution >= 4 is 41.7 Å². The molecule has 1 unspecified atom stereocenters. The largest absolute Gasteiger partial charge is 0.508 e. The molecule has 2 saturated carbocycles. The molecule has 11 atom stereocenters. The number of Topliss-reactive ketones (excluding diaryl/α,β-unsaturated/α-hetero) is 1. The fourth-order valence-electron chi connectivity index (χ4n) is 12.7. The molecule has 3 aromatic rings. The quantitative estimate of drug-likeness (QED) is 0.0293. The molecule has 3 aromatic carbocycles. The second-order valence-corrected chi connectivity index (χ2v) is 23.1. The first kappa shape index (κ1) is 63.6. The summed E-state index contributed by atoms with van der Waals surface area (Å²) in [6.07, 6.45) is 9.05. The Bertz CT molecular complexity index is 2830. The Hall–Kier alpha value is -6.95. The van der Waals surface area contributed by atoms with Crippen LogP contribution in [-0.4, -0.2) is 113 Å². The van der Waals surface area contributed by atoms with Gasteiger partial charge in [0.2, 0.25) is 0 Å². The molecule has 17 nitrogen and oxygen atoms in total. The fraction of sp³-hybridized carbons (Fsp3) is 0.530. The number of ether oxygens (including phenoxy) is 7. The summed E-state index contributed by atoms with van der Waals surface area (Å²) in [5.41, 5.74) is -7.53. The number of aliphatic hydroxyl groups is 2. The van der Waals surface area contributed by atoms with Gasteiger partial charge in [-0.25, -0.2) is 14.4 Å². The normalized spacial score (nSPS) is 26.9. The van der Waals surface area contributed by atoms with Crippen LogP contribution in [0.25, 0.3) is 0 Å². The van der Waals surface area contributed by atoms with Crippen LogP contribution in [0.5, 0.6) is 0 Å². The molecule has 1 amide bonds. The van der Waals surface area contributed by atoms with E-state index >= 15 is 4.79 Å². The number of unbranched alkanes of at least 4 members (excludes halogenated alkanes) is 9. The summed E-state index contributed by atoms with van der Waals surface area (Å²) in [4.78, 5) is 100. The van der Waals surface area contributed by atoms with Crippen LogP contribution in [0.3, 0.4) is 0 Å². The highest BCUT2D eigenvalue weighted by Crippen LogP contribution is 2.65. The molecule has 3 aliphatic carbocycles. The van der Waals surface area contributed by atoms with Gasteiger partial charge in [-0.2, -0.15) is 0 Å². The van der Waals surface area contributed by atoms with E-state index in [1.165, 1.54) is 45.2 Å². The van der Waals surface area contributed by atoms with Crippen molar-refractivity contribution in [3.05, 3.63) is 143 Å². The minimum Gasteiger partial charge on any atom is -0.456 e. The van der Waals surface area contributed by atoms with Crippen molar-refractivity contribution in [2.75, 3.05) is 13.2 Å². The van der Waals surface area contributed by atoms with Crippen molar-refractivity contribution in [1.29, 1.82) is 0 Å². The standard InChI is InChI=1S/C66H83NO16/c1-8-9-10-11-12-13-14-15-16-17-18-19-20-21-22-32-39-77-62(75)81-50-40-51-65(42-78-51,83-45(4)69)56-58(82-60(73)48-37-30-25-31-38-48)66(76)41-49(43(2)52(63(66,5)6)55(79-44(3)68)57(71)64(50,56)7)80-61(74)54(70)53(46-33-26-23-27-34-46)67-59(72)47-35-28-24-29-36-47/h12-13,15-16,23-31,33-38,49-51,53-56,58,70,76H,8-11,14,17-22,32,39-42H2,1-7H3,(H,67,72)/b13-12-,16-15-/t49-,50-,51+,53-,54+,55+,56?,58-,64+,65-,66+/m0/s1. The molecule has 448 valence electrons. The number of benzene rings is 3. The number of nitrogens with one attached hydrogen (secondary N) is 1. The number of aliphatic hydroxyl groups excluding tert-OH is 1. The number of amides is 1. The molecule has 3 N–H and O–H groups in total. The average Bonchev–Trinajstić information content (AvgIpc) is 0.824. The monoisotopic (exact) mass is 1150 g/mol. The Morgan fingerprint density at radius 2 is 1.33 bits per heavy atom. The molecule has 4 aliphatic rings. The van der Waals surface area contributed by atoms with Crippen LogP contribution >= 0.6 is 0 Å². The molecule has 0 aromatic heterocycles. The summed E-state index contributed by atoms with van der Waals surface area (Å²) in [6, 6.07) is 22.9. The van der Waals surface area contributed by atoms with Crippen LogP contribution in [0.2, 0.25) is 0 Å². The summed E-state index contributed by atoms with van der Waals surface area (Å²) < 4.78 is 43.1. The number of hydrogen-bond donors (Lipinski definition) is 3. The van der Waals surface area contributed by atoms with Crippen LogP contribution in [0, 0.1) is 16.7 Å². The Balaban J connectivity index is 1.20. The number of allylic oxidation sites excluding steroid dienone is 4. The van der Waals surface area contributed by atoms with Crippen molar-refractivity contribution < 1.29 is 76.9 Å². The molecule has 1 aliphatic heterocycles. The van der Waals surface area contributed by atoms with Gasteiger partial charge in [0.25, 0.3) is 5.91 Å². The molecule has 0 radical (unpaired) electrons. The number of carbonyl (C=O) groups excluding carboxylic acids is 7. The summed E-state index contributed by atoms with van der Waals surface area (Å²) >= 11 is 0. The summed E-state index contributed by atoms with van der Waals surface area (Å²) in [5.74, 6) is -7.10. The molecule has 83 heavy (non-hydrogen) atoms. The average molecular weight is 1150 g/mol. The minimum absolute atomic E-state index is 0.000634. The molecular weight excluding hydrogens is 1060 g/mol. The highest BCUT2D eigenvalue weighted by molar-refractivity contribution is 5.96. The third-order valence-corrected chi connectivity index (χ3v) is 17.3. The van der Waals surface area contributed by atoms with Crippen molar-refractivity contribution in [1.82, 2.24) is 5.32 Å². The van der Waals surface area contributed by atoms with Crippen molar-refractivity contribution in [3.63, 3.8) is 0 Å². The van der Waals surface area contributed by atoms with E-state index in [-0.39, 0.29) is 41.9 Å². The lowest BCUT2D eigenvalue weighted by Gasteiger charge is -2.67. The van der Waals surface area contributed by atoms with Gasteiger partial charge in [-0.1, -0.05) is 150 Å². The van der Waals surface area contributed by atoms with Gasteiger partial charge in [-0.15, -0.1) is 0 Å². The Morgan fingerprint density at radius 3 is 1.92 bits per heavy atom.